The number of hydrogen-bond acceptors (Lipinski definition) is 4. The van der Waals surface area contributed by atoms with Crippen LogP contribution in [0, 0.1) is 0 Å². The highest BCUT2D eigenvalue weighted by atomic mass is 19.3. The number of nitrogens with zero attached hydrogens (tertiary/aromatic N) is 4. The smallest absolute Gasteiger partial charge is 0.387 e. The monoisotopic (exact) mass is 407 g/mol. The highest BCUT2D eigenvalue weighted by Gasteiger charge is 2.26. The van der Waals surface area contributed by atoms with Gasteiger partial charge in [0.25, 0.3) is 0 Å². The van der Waals surface area contributed by atoms with E-state index in [1.165, 1.54) is 11.6 Å². The second kappa shape index (κ2) is 9.58. The molecule has 0 aliphatic carbocycles. The van der Waals surface area contributed by atoms with Crippen LogP contribution in [0.3, 0.4) is 0 Å². The third kappa shape index (κ3) is 5.36. The number of aliphatic imine (C=N–C) groups is 1. The lowest BCUT2D eigenvalue weighted by molar-refractivity contribution is -0.0514. The van der Waals surface area contributed by atoms with Gasteiger partial charge in [-0.3, -0.25) is 9.67 Å². The topological polar surface area (TPSA) is 63.9 Å². The first kappa shape index (κ1) is 20.9. The van der Waals surface area contributed by atoms with Gasteiger partial charge in [-0.15, -0.1) is 0 Å². The van der Waals surface area contributed by atoms with E-state index in [0.717, 1.165) is 31.0 Å². The average Bonchev–Trinajstić information content (AvgIpc) is 3.33. The van der Waals surface area contributed by atoms with Crippen molar-refractivity contribution >= 4 is 5.96 Å². The van der Waals surface area contributed by atoms with Gasteiger partial charge >= 0.3 is 6.61 Å². The second-order valence-electron chi connectivity index (χ2n) is 6.87. The first-order valence-electron chi connectivity index (χ1n) is 9.64. The number of halogens is 2. The van der Waals surface area contributed by atoms with E-state index >= 15 is 0 Å². The lowest BCUT2D eigenvalue weighted by atomic mass is 10.0. The molecule has 2 aromatic rings. The Morgan fingerprint density at radius 1 is 1.38 bits per heavy atom. The number of hydrogen-bond donors (Lipinski definition) is 1. The Kier molecular flexibility index (Phi) is 6.90. The van der Waals surface area contributed by atoms with E-state index < -0.39 is 6.61 Å². The van der Waals surface area contributed by atoms with Crippen LogP contribution in [0.2, 0.25) is 0 Å². The number of aromatic nitrogens is 2. The molecule has 1 aliphatic heterocycles. The van der Waals surface area contributed by atoms with Gasteiger partial charge in [0.15, 0.2) is 17.5 Å². The summed E-state index contributed by atoms with van der Waals surface area (Å²) in [5.41, 5.74) is 2.13. The van der Waals surface area contributed by atoms with Crippen LogP contribution in [0.1, 0.15) is 30.4 Å². The molecule has 9 heteroatoms. The minimum atomic E-state index is -2.89. The summed E-state index contributed by atoms with van der Waals surface area (Å²) >= 11 is 0. The molecule has 1 aromatic carbocycles. The molecule has 0 amide bonds. The molecule has 0 radical (unpaired) electrons. The van der Waals surface area contributed by atoms with Crippen molar-refractivity contribution in [1.29, 1.82) is 0 Å². The van der Waals surface area contributed by atoms with E-state index in [9.17, 15) is 8.78 Å². The normalized spacial score (nSPS) is 17.1. The van der Waals surface area contributed by atoms with E-state index in [-0.39, 0.29) is 5.75 Å². The number of ether oxygens (including phenoxy) is 2. The molecule has 1 N–H and O–H groups in total. The van der Waals surface area contributed by atoms with Crippen LogP contribution in [-0.4, -0.2) is 54.0 Å². The van der Waals surface area contributed by atoms with Gasteiger partial charge in [0, 0.05) is 45.8 Å². The Morgan fingerprint density at radius 2 is 2.21 bits per heavy atom. The van der Waals surface area contributed by atoms with Crippen molar-refractivity contribution in [1.82, 2.24) is 20.0 Å². The van der Waals surface area contributed by atoms with E-state index in [1.54, 1.807) is 26.1 Å². The van der Waals surface area contributed by atoms with Gasteiger partial charge in [-0.25, -0.2) is 0 Å². The summed E-state index contributed by atoms with van der Waals surface area (Å²) in [6, 6.07) is 4.96. The molecule has 0 bridgehead atoms. The summed E-state index contributed by atoms with van der Waals surface area (Å²) in [5, 5.41) is 7.60. The third-order valence-corrected chi connectivity index (χ3v) is 4.87. The molecule has 0 spiro atoms. The van der Waals surface area contributed by atoms with E-state index in [2.05, 4.69) is 31.2 Å². The number of guanidine groups is 1. The minimum Gasteiger partial charge on any atom is -0.490 e. The van der Waals surface area contributed by atoms with Gasteiger partial charge in [0.2, 0.25) is 0 Å². The van der Waals surface area contributed by atoms with Crippen LogP contribution in [0.4, 0.5) is 8.78 Å². The van der Waals surface area contributed by atoms with Gasteiger partial charge < -0.3 is 19.7 Å². The van der Waals surface area contributed by atoms with Crippen molar-refractivity contribution in [3.63, 3.8) is 0 Å². The van der Waals surface area contributed by atoms with Crippen LogP contribution in [0.5, 0.6) is 11.5 Å². The summed E-state index contributed by atoms with van der Waals surface area (Å²) in [7, 11) is 3.68. The fourth-order valence-electron chi connectivity index (χ4n) is 3.51. The van der Waals surface area contributed by atoms with Crippen LogP contribution < -0.4 is 14.8 Å². The maximum absolute atomic E-state index is 12.6. The first-order chi connectivity index (χ1) is 14.0. The molecule has 1 aromatic heterocycles. The van der Waals surface area contributed by atoms with Crippen LogP contribution >= 0.6 is 0 Å². The molecule has 0 saturated carbocycles. The molecule has 1 fully saturated rings. The standard InChI is InChI=1S/C20H27F2N5O2/c1-4-28-18-9-14(5-6-17(18)29-19(21)22)10-24-20(23-2)27-8-7-15(13-27)16-11-25-26(3)12-16/h5-6,9,11-12,15,19H,4,7-8,10,13H2,1-3H3,(H,23,24). The number of nitrogens with one attached hydrogen (secondary N) is 1. The van der Waals surface area contributed by atoms with E-state index in [4.69, 9.17) is 4.74 Å². The van der Waals surface area contributed by atoms with Gasteiger partial charge in [0.1, 0.15) is 0 Å². The van der Waals surface area contributed by atoms with E-state index in [0.29, 0.717) is 24.8 Å². The summed E-state index contributed by atoms with van der Waals surface area (Å²) in [5.74, 6) is 1.58. The Balaban J connectivity index is 1.61. The Labute approximate surface area is 169 Å². The van der Waals surface area contributed by atoms with Crippen LogP contribution in [0.25, 0.3) is 0 Å². The first-order valence-corrected chi connectivity index (χ1v) is 9.64. The molecule has 3 rings (SSSR count). The van der Waals surface area contributed by atoms with Crippen molar-refractivity contribution < 1.29 is 18.3 Å². The second-order valence-corrected chi connectivity index (χ2v) is 6.87. The van der Waals surface area contributed by atoms with Gasteiger partial charge in [0.05, 0.1) is 12.8 Å². The fraction of sp³-hybridized carbons (Fsp3) is 0.500. The predicted molar refractivity (Wildman–Crippen MR) is 107 cm³/mol. The number of benzene rings is 1. The van der Waals surface area contributed by atoms with Crippen molar-refractivity contribution in [2.75, 3.05) is 26.7 Å². The lowest BCUT2D eigenvalue weighted by Crippen LogP contribution is -2.39. The molecule has 7 nitrogen and oxygen atoms in total. The molecule has 2 heterocycles. The predicted octanol–water partition coefficient (Wildman–Crippen LogP) is 2.99. The van der Waals surface area contributed by atoms with Crippen LogP contribution in [0.15, 0.2) is 35.6 Å². The molecule has 1 atom stereocenters. The minimum absolute atomic E-state index is 0.0360. The summed E-state index contributed by atoms with van der Waals surface area (Å²) in [6.07, 6.45) is 5.02. The van der Waals surface area contributed by atoms with Crippen molar-refractivity contribution in [2.45, 2.75) is 32.4 Å². The Morgan fingerprint density at radius 3 is 2.86 bits per heavy atom. The molecule has 1 unspecified atom stereocenters. The highest BCUT2D eigenvalue weighted by Crippen LogP contribution is 2.30. The van der Waals surface area contributed by atoms with Crippen molar-refractivity contribution in [3.8, 4) is 11.5 Å². The summed E-state index contributed by atoms with van der Waals surface area (Å²) < 4.78 is 36.9. The zero-order valence-electron chi connectivity index (χ0n) is 16.9. The zero-order valence-corrected chi connectivity index (χ0v) is 16.9. The van der Waals surface area contributed by atoms with Gasteiger partial charge in [-0.05, 0) is 36.6 Å². The SMILES string of the molecule is CCOc1cc(CNC(=NC)N2CCC(c3cnn(C)c3)C2)ccc1OC(F)F. The summed E-state index contributed by atoms with van der Waals surface area (Å²) in [4.78, 5) is 6.61. The summed E-state index contributed by atoms with van der Waals surface area (Å²) in [6.45, 7) is 1.55. The number of rotatable bonds is 7. The third-order valence-electron chi connectivity index (χ3n) is 4.87. The van der Waals surface area contributed by atoms with Crippen LogP contribution in [-0.2, 0) is 13.6 Å². The van der Waals surface area contributed by atoms with Crippen molar-refractivity contribution in [2.24, 2.45) is 12.0 Å². The van der Waals surface area contributed by atoms with Gasteiger partial charge in [-0.1, -0.05) is 6.07 Å². The fourth-order valence-corrected chi connectivity index (χ4v) is 3.51. The zero-order chi connectivity index (χ0) is 20.8. The molecule has 158 valence electrons. The quantitative estimate of drug-likeness (QED) is 0.565. The maximum Gasteiger partial charge on any atom is 0.387 e. The lowest BCUT2D eigenvalue weighted by Gasteiger charge is -2.22. The van der Waals surface area contributed by atoms with E-state index in [1.807, 2.05) is 17.9 Å². The van der Waals surface area contributed by atoms with Gasteiger partial charge in [-0.2, -0.15) is 13.9 Å². The largest absolute Gasteiger partial charge is 0.490 e. The van der Waals surface area contributed by atoms with Crippen molar-refractivity contribution in [3.05, 3.63) is 41.7 Å². The molecule has 1 saturated heterocycles. The highest BCUT2D eigenvalue weighted by molar-refractivity contribution is 5.80. The molecular formula is C20H27F2N5O2. The Bertz CT molecular complexity index is 840. The number of likely N-dealkylation sites (tertiary alicyclic amines) is 1. The maximum atomic E-state index is 12.6. The molecule has 1 aliphatic rings. The Hall–Kier alpha value is -2.84. The average molecular weight is 407 g/mol. The number of aryl methyl sites for hydroxylation is 1. The number of alkyl halides is 2. The molecular weight excluding hydrogens is 380 g/mol. The molecule has 29 heavy (non-hydrogen) atoms.